The highest BCUT2D eigenvalue weighted by Gasteiger charge is 2.49. The molecular formula is C22H19NO4. The Bertz CT molecular complexity index is 1010. The number of anilines is 1. The second kappa shape index (κ2) is 7.41. The lowest BCUT2D eigenvalue weighted by Gasteiger charge is -2.30. The van der Waals surface area contributed by atoms with E-state index in [2.05, 4.69) is 5.32 Å². The van der Waals surface area contributed by atoms with Gasteiger partial charge in [0.15, 0.2) is 5.78 Å². The molecule has 5 nitrogen and oxygen atoms in total. The molecule has 0 bridgehead atoms. The molecule has 0 aliphatic heterocycles. The van der Waals surface area contributed by atoms with Gasteiger partial charge in [0.1, 0.15) is 0 Å². The van der Waals surface area contributed by atoms with Gasteiger partial charge in [0.05, 0.1) is 0 Å². The molecule has 3 aromatic carbocycles. The van der Waals surface area contributed by atoms with E-state index in [1.165, 1.54) is 13.8 Å². The maximum Gasteiger partial charge on any atom is 0.304 e. The third kappa shape index (κ3) is 3.44. The number of ketones is 1. The summed E-state index contributed by atoms with van der Waals surface area (Å²) >= 11 is 0. The fourth-order valence-electron chi connectivity index (χ4n) is 3.13. The Balaban J connectivity index is 2.22. The van der Waals surface area contributed by atoms with E-state index in [1.54, 1.807) is 48.5 Å². The number of amides is 1. The van der Waals surface area contributed by atoms with Gasteiger partial charge in [-0.25, -0.2) is 0 Å². The van der Waals surface area contributed by atoms with Crippen LogP contribution >= 0.6 is 0 Å². The summed E-state index contributed by atoms with van der Waals surface area (Å²) in [6.45, 7) is 2.42. The van der Waals surface area contributed by atoms with E-state index >= 15 is 0 Å². The van der Waals surface area contributed by atoms with Crippen molar-refractivity contribution in [3.8, 4) is 0 Å². The first-order valence-electron chi connectivity index (χ1n) is 8.50. The summed E-state index contributed by atoms with van der Waals surface area (Å²) < 4.78 is 5.43. The fraction of sp³-hybridized carbons (Fsp3) is 0.136. The third-order valence-electron chi connectivity index (χ3n) is 4.31. The van der Waals surface area contributed by atoms with Gasteiger partial charge in [-0.1, -0.05) is 60.7 Å². The Kier molecular flexibility index (Phi) is 5.03. The summed E-state index contributed by atoms with van der Waals surface area (Å²) in [5, 5.41) is 4.20. The smallest absolute Gasteiger partial charge is 0.304 e. The number of ether oxygens (including phenoxy) is 1. The first-order valence-corrected chi connectivity index (χ1v) is 8.50. The predicted molar refractivity (Wildman–Crippen MR) is 103 cm³/mol. The third-order valence-corrected chi connectivity index (χ3v) is 4.31. The molecule has 0 spiro atoms. The molecule has 27 heavy (non-hydrogen) atoms. The Morgan fingerprint density at radius 2 is 1.44 bits per heavy atom. The predicted octanol–water partition coefficient (Wildman–Crippen LogP) is 3.83. The summed E-state index contributed by atoms with van der Waals surface area (Å²) in [7, 11) is 0. The Labute approximate surface area is 157 Å². The van der Waals surface area contributed by atoms with Crippen molar-refractivity contribution in [3.63, 3.8) is 0 Å². The van der Waals surface area contributed by atoms with Gasteiger partial charge in [-0.2, -0.15) is 0 Å². The van der Waals surface area contributed by atoms with Crippen LogP contribution in [0, 0.1) is 0 Å². The number of para-hydroxylation sites is 1. The second-order valence-corrected chi connectivity index (χ2v) is 6.18. The van der Waals surface area contributed by atoms with E-state index in [9.17, 15) is 14.4 Å². The molecule has 0 heterocycles. The standard InChI is InChI=1S/C22H19NO4/c1-15(24)22(27-16(2)25,21(26)23-18-11-4-3-5-12-18)20-14-8-10-17-9-6-7-13-19(17)20/h3-14H,1-2H3,(H,23,26). The van der Waals surface area contributed by atoms with Gasteiger partial charge < -0.3 is 10.1 Å². The summed E-state index contributed by atoms with van der Waals surface area (Å²) in [6, 6.07) is 21.3. The van der Waals surface area contributed by atoms with Crippen molar-refractivity contribution in [2.24, 2.45) is 0 Å². The minimum Gasteiger partial charge on any atom is -0.436 e. The van der Waals surface area contributed by atoms with Gasteiger partial charge in [-0.05, 0) is 29.8 Å². The van der Waals surface area contributed by atoms with Crippen molar-refractivity contribution < 1.29 is 19.1 Å². The molecule has 1 N–H and O–H groups in total. The van der Waals surface area contributed by atoms with Crippen LogP contribution in [-0.2, 0) is 24.7 Å². The molecule has 1 amide bonds. The normalized spacial score (nSPS) is 12.8. The molecule has 0 fully saturated rings. The minimum atomic E-state index is -2.08. The van der Waals surface area contributed by atoms with Gasteiger partial charge >= 0.3 is 5.97 Å². The highest BCUT2D eigenvalue weighted by molar-refractivity contribution is 6.17. The van der Waals surface area contributed by atoms with Crippen LogP contribution in [0.2, 0.25) is 0 Å². The second-order valence-electron chi connectivity index (χ2n) is 6.18. The Morgan fingerprint density at radius 1 is 0.815 bits per heavy atom. The fourth-order valence-corrected chi connectivity index (χ4v) is 3.13. The van der Waals surface area contributed by atoms with E-state index in [4.69, 9.17) is 4.74 Å². The van der Waals surface area contributed by atoms with Gasteiger partial charge in [0.2, 0.25) is 0 Å². The van der Waals surface area contributed by atoms with Crippen LogP contribution in [0.15, 0.2) is 72.8 Å². The summed E-state index contributed by atoms with van der Waals surface area (Å²) in [5.74, 6) is -2.02. The molecule has 5 heteroatoms. The first kappa shape index (κ1) is 18.3. The van der Waals surface area contributed by atoms with Crippen LogP contribution in [0.1, 0.15) is 19.4 Å². The molecule has 136 valence electrons. The van der Waals surface area contributed by atoms with E-state index in [-0.39, 0.29) is 0 Å². The Morgan fingerprint density at radius 3 is 2.11 bits per heavy atom. The lowest BCUT2D eigenvalue weighted by Crippen LogP contribution is -2.49. The number of Topliss-reactive ketones (excluding diaryl/α,β-unsaturated/α-hetero) is 1. The molecule has 0 aliphatic rings. The van der Waals surface area contributed by atoms with E-state index in [0.29, 0.717) is 16.6 Å². The molecule has 0 aromatic heterocycles. The van der Waals surface area contributed by atoms with Crippen LogP contribution in [0.5, 0.6) is 0 Å². The molecule has 0 saturated carbocycles. The van der Waals surface area contributed by atoms with Crippen molar-refractivity contribution in [1.82, 2.24) is 0 Å². The van der Waals surface area contributed by atoms with Crippen LogP contribution in [-0.4, -0.2) is 17.7 Å². The summed E-state index contributed by atoms with van der Waals surface area (Å²) in [5.41, 5.74) is -1.25. The van der Waals surface area contributed by atoms with Crippen molar-refractivity contribution in [2.75, 3.05) is 5.32 Å². The molecule has 0 aliphatic carbocycles. The molecule has 0 saturated heterocycles. The monoisotopic (exact) mass is 361 g/mol. The number of hydrogen-bond acceptors (Lipinski definition) is 4. The van der Waals surface area contributed by atoms with E-state index in [0.717, 1.165) is 5.39 Å². The number of rotatable bonds is 5. The van der Waals surface area contributed by atoms with Crippen molar-refractivity contribution in [1.29, 1.82) is 0 Å². The average molecular weight is 361 g/mol. The number of carbonyl (C=O) groups is 3. The maximum absolute atomic E-state index is 13.2. The number of carbonyl (C=O) groups excluding carboxylic acids is 3. The van der Waals surface area contributed by atoms with Crippen LogP contribution in [0.25, 0.3) is 10.8 Å². The highest BCUT2D eigenvalue weighted by atomic mass is 16.6. The molecule has 1 atom stereocenters. The zero-order valence-electron chi connectivity index (χ0n) is 15.1. The molecule has 3 rings (SSSR count). The van der Waals surface area contributed by atoms with Gasteiger partial charge in [0, 0.05) is 18.2 Å². The molecule has 3 aromatic rings. The van der Waals surface area contributed by atoms with E-state index < -0.39 is 23.3 Å². The zero-order chi connectivity index (χ0) is 19.4. The first-order chi connectivity index (χ1) is 12.9. The van der Waals surface area contributed by atoms with E-state index in [1.807, 2.05) is 24.3 Å². The van der Waals surface area contributed by atoms with Gasteiger partial charge in [0.25, 0.3) is 11.5 Å². The van der Waals surface area contributed by atoms with Crippen LogP contribution < -0.4 is 5.32 Å². The average Bonchev–Trinajstić information content (AvgIpc) is 2.66. The van der Waals surface area contributed by atoms with Crippen molar-refractivity contribution in [2.45, 2.75) is 19.4 Å². The van der Waals surface area contributed by atoms with Gasteiger partial charge in [-0.15, -0.1) is 0 Å². The van der Waals surface area contributed by atoms with Crippen LogP contribution in [0.3, 0.4) is 0 Å². The molecule has 0 radical (unpaired) electrons. The lowest BCUT2D eigenvalue weighted by atomic mass is 9.85. The number of fused-ring (bicyclic) bond motifs is 1. The SMILES string of the molecule is CC(=O)OC(C(C)=O)(C(=O)Nc1ccccc1)c1cccc2ccccc12. The highest BCUT2D eigenvalue weighted by Crippen LogP contribution is 2.34. The summed E-state index contributed by atoms with van der Waals surface area (Å²) in [6.07, 6.45) is 0. The molecular weight excluding hydrogens is 342 g/mol. The number of benzene rings is 3. The lowest BCUT2D eigenvalue weighted by molar-refractivity contribution is -0.171. The topological polar surface area (TPSA) is 72.5 Å². The quantitative estimate of drug-likeness (QED) is 0.554. The zero-order valence-corrected chi connectivity index (χ0v) is 15.1. The minimum absolute atomic E-state index is 0.330. The number of nitrogens with one attached hydrogen (secondary N) is 1. The molecule has 1 unspecified atom stereocenters. The largest absolute Gasteiger partial charge is 0.436 e. The number of esters is 1. The van der Waals surface area contributed by atoms with Crippen molar-refractivity contribution >= 4 is 34.1 Å². The van der Waals surface area contributed by atoms with Crippen LogP contribution in [0.4, 0.5) is 5.69 Å². The Hall–Kier alpha value is -3.47. The van der Waals surface area contributed by atoms with Crippen molar-refractivity contribution in [3.05, 3.63) is 78.4 Å². The van der Waals surface area contributed by atoms with Gasteiger partial charge in [-0.3, -0.25) is 14.4 Å². The maximum atomic E-state index is 13.2. The number of hydrogen-bond donors (Lipinski definition) is 1. The summed E-state index contributed by atoms with van der Waals surface area (Å²) in [4.78, 5) is 37.9.